The molecule has 3 rings (SSSR count). The summed E-state index contributed by atoms with van der Waals surface area (Å²) in [6.45, 7) is 4.79. The molecule has 1 aliphatic heterocycles. The number of hydrogen-bond acceptors (Lipinski definition) is 3. The van der Waals surface area contributed by atoms with Crippen LogP contribution in [0.5, 0.6) is 0 Å². The fourth-order valence-electron chi connectivity index (χ4n) is 3.01. The Labute approximate surface area is 156 Å². The van der Waals surface area contributed by atoms with E-state index in [0.717, 1.165) is 31.9 Å². The number of nitrogens with zero attached hydrogens (tertiary/aromatic N) is 2. The van der Waals surface area contributed by atoms with E-state index in [1.165, 1.54) is 30.3 Å². The van der Waals surface area contributed by atoms with Crippen molar-refractivity contribution in [2.24, 2.45) is 0 Å². The summed E-state index contributed by atoms with van der Waals surface area (Å²) in [5.41, 5.74) is 1.45. The van der Waals surface area contributed by atoms with Crippen molar-refractivity contribution in [1.82, 2.24) is 4.90 Å². The number of carbonyl (C=O) groups excluding carboxylic acids is 1. The van der Waals surface area contributed by atoms with Crippen LogP contribution in [0.3, 0.4) is 0 Å². The maximum absolute atomic E-state index is 13.2. The van der Waals surface area contributed by atoms with Crippen LogP contribution < -0.4 is 10.2 Å². The molecule has 4 nitrogen and oxygen atoms in total. The van der Waals surface area contributed by atoms with Gasteiger partial charge in [-0.15, -0.1) is 0 Å². The monoisotopic (exact) mass is 379 g/mol. The average molecular weight is 380 g/mol. The molecule has 1 amide bonds. The molecule has 26 heavy (non-hydrogen) atoms. The van der Waals surface area contributed by atoms with Crippen molar-refractivity contribution in [2.75, 3.05) is 36.4 Å². The van der Waals surface area contributed by atoms with Crippen LogP contribution in [0.15, 0.2) is 42.5 Å². The van der Waals surface area contributed by atoms with Crippen molar-refractivity contribution in [3.05, 3.63) is 59.1 Å². The molecular weight excluding hydrogens is 360 g/mol. The molecular formula is C19H20ClF2N3O. The van der Waals surface area contributed by atoms with Crippen molar-refractivity contribution in [2.45, 2.75) is 13.0 Å². The number of carbonyl (C=O) groups is 1. The topological polar surface area (TPSA) is 35.6 Å². The third-order valence-electron chi connectivity index (χ3n) is 4.62. The van der Waals surface area contributed by atoms with E-state index >= 15 is 0 Å². The van der Waals surface area contributed by atoms with Crippen LogP contribution in [0, 0.1) is 11.6 Å². The Balaban J connectivity index is 1.55. The molecule has 138 valence electrons. The Hall–Kier alpha value is -2.18. The van der Waals surface area contributed by atoms with Gasteiger partial charge in [-0.2, -0.15) is 0 Å². The zero-order valence-electron chi connectivity index (χ0n) is 14.4. The normalized spacial score (nSPS) is 16.4. The average Bonchev–Trinajstić information content (AvgIpc) is 2.65. The van der Waals surface area contributed by atoms with E-state index in [9.17, 15) is 13.6 Å². The molecule has 7 heteroatoms. The summed E-state index contributed by atoms with van der Waals surface area (Å²) in [4.78, 5) is 16.7. The van der Waals surface area contributed by atoms with Gasteiger partial charge in [0.05, 0.1) is 11.1 Å². The quantitative estimate of drug-likeness (QED) is 0.878. The minimum atomic E-state index is -0.519. The second kappa shape index (κ2) is 8.01. The molecule has 1 fully saturated rings. The smallest absolute Gasteiger partial charge is 0.241 e. The van der Waals surface area contributed by atoms with E-state index in [4.69, 9.17) is 11.6 Å². The van der Waals surface area contributed by atoms with Crippen LogP contribution in [0.1, 0.15) is 6.92 Å². The lowest BCUT2D eigenvalue weighted by Crippen LogP contribution is -2.52. The molecule has 1 saturated heterocycles. The zero-order chi connectivity index (χ0) is 18.7. The number of amides is 1. The van der Waals surface area contributed by atoms with Gasteiger partial charge in [-0.05, 0) is 49.4 Å². The molecule has 1 atom stereocenters. The van der Waals surface area contributed by atoms with Gasteiger partial charge in [0.25, 0.3) is 0 Å². The first-order chi connectivity index (χ1) is 12.4. The van der Waals surface area contributed by atoms with Crippen molar-refractivity contribution < 1.29 is 13.6 Å². The summed E-state index contributed by atoms with van der Waals surface area (Å²) >= 11 is 5.74. The van der Waals surface area contributed by atoms with Crippen LogP contribution in [-0.4, -0.2) is 43.0 Å². The van der Waals surface area contributed by atoms with Crippen LogP contribution in [0.2, 0.25) is 5.02 Å². The minimum Gasteiger partial charge on any atom is -0.369 e. The first-order valence-electron chi connectivity index (χ1n) is 8.44. The van der Waals surface area contributed by atoms with Crippen molar-refractivity contribution >= 4 is 28.9 Å². The molecule has 0 aliphatic carbocycles. The van der Waals surface area contributed by atoms with Crippen molar-refractivity contribution in [3.8, 4) is 0 Å². The lowest BCUT2D eigenvalue weighted by molar-refractivity contribution is -0.120. The standard InChI is InChI=1S/C19H20ClF2N3O/c1-13(19(26)23-15-4-7-18(22)17(20)12-15)24-8-10-25(11-9-24)16-5-2-14(21)3-6-16/h2-7,12-13H,8-11H2,1H3,(H,23,26)/t13-/m0/s1. The summed E-state index contributed by atoms with van der Waals surface area (Å²) in [7, 11) is 0. The molecule has 1 aliphatic rings. The number of rotatable bonds is 4. The van der Waals surface area contributed by atoms with Crippen molar-refractivity contribution in [3.63, 3.8) is 0 Å². The third-order valence-corrected chi connectivity index (χ3v) is 4.91. The first-order valence-corrected chi connectivity index (χ1v) is 8.82. The largest absolute Gasteiger partial charge is 0.369 e. The van der Waals surface area contributed by atoms with Crippen molar-refractivity contribution in [1.29, 1.82) is 0 Å². The summed E-state index contributed by atoms with van der Waals surface area (Å²) in [6.07, 6.45) is 0. The predicted molar refractivity (Wildman–Crippen MR) is 99.7 cm³/mol. The van der Waals surface area contributed by atoms with Crippen LogP contribution in [0.25, 0.3) is 0 Å². The Morgan fingerprint density at radius 1 is 1.08 bits per heavy atom. The Kier molecular flexibility index (Phi) is 5.74. The highest BCUT2D eigenvalue weighted by Crippen LogP contribution is 2.21. The zero-order valence-corrected chi connectivity index (χ0v) is 15.1. The molecule has 0 saturated carbocycles. The molecule has 0 spiro atoms. The highest BCUT2D eigenvalue weighted by atomic mass is 35.5. The van der Waals surface area contributed by atoms with Gasteiger partial charge in [0.2, 0.25) is 5.91 Å². The summed E-state index contributed by atoms with van der Waals surface area (Å²) in [5.74, 6) is -0.934. The number of nitrogens with one attached hydrogen (secondary N) is 1. The number of benzene rings is 2. The Morgan fingerprint density at radius 2 is 1.73 bits per heavy atom. The number of hydrogen-bond donors (Lipinski definition) is 1. The van der Waals surface area contributed by atoms with Gasteiger partial charge in [-0.3, -0.25) is 9.69 Å². The van der Waals surface area contributed by atoms with E-state index in [0.29, 0.717) is 5.69 Å². The SMILES string of the molecule is C[C@@H](C(=O)Nc1ccc(F)c(Cl)c1)N1CCN(c2ccc(F)cc2)CC1. The predicted octanol–water partition coefficient (Wildman–Crippen LogP) is 3.77. The lowest BCUT2D eigenvalue weighted by atomic mass is 10.2. The molecule has 2 aromatic rings. The maximum atomic E-state index is 13.2. The lowest BCUT2D eigenvalue weighted by Gasteiger charge is -2.38. The van der Waals surface area contributed by atoms with E-state index in [2.05, 4.69) is 15.1 Å². The molecule has 1 N–H and O–H groups in total. The van der Waals surface area contributed by atoms with Crippen LogP contribution in [0.4, 0.5) is 20.2 Å². The van der Waals surface area contributed by atoms with Crippen LogP contribution >= 0.6 is 11.6 Å². The molecule has 1 heterocycles. The molecule has 0 radical (unpaired) electrons. The maximum Gasteiger partial charge on any atom is 0.241 e. The van der Waals surface area contributed by atoms with Gasteiger partial charge in [0, 0.05) is 37.6 Å². The number of halogens is 3. The molecule has 0 unspecified atom stereocenters. The molecule has 0 aromatic heterocycles. The second-order valence-corrected chi connectivity index (χ2v) is 6.70. The van der Waals surface area contributed by atoms with Crippen LogP contribution in [-0.2, 0) is 4.79 Å². The summed E-state index contributed by atoms with van der Waals surface area (Å²) < 4.78 is 26.2. The Morgan fingerprint density at radius 3 is 2.35 bits per heavy atom. The third kappa shape index (κ3) is 4.31. The number of anilines is 2. The highest BCUT2D eigenvalue weighted by molar-refractivity contribution is 6.31. The van der Waals surface area contributed by atoms with E-state index in [1.54, 1.807) is 12.1 Å². The van der Waals surface area contributed by atoms with Gasteiger partial charge >= 0.3 is 0 Å². The molecule has 2 aromatic carbocycles. The summed E-state index contributed by atoms with van der Waals surface area (Å²) in [6, 6.07) is 10.2. The van der Waals surface area contributed by atoms with Gasteiger partial charge in [0.15, 0.2) is 0 Å². The second-order valence-electron chi connectivity index (χ2n) is 6.29. The minimum absolute atomic E-state index is 0.0247. The summed E-state index contributed by atoms with van der Waals surface area (Å²) in [5, 5.41) is 2.74. The highest BCUT2D eigenvalue weighted by Gasteiger charge is 2.25. The molecule has 0 bridgehead atoms. The van der Waals surface area contributed by atoms with E-state index in [-0.39, 0.29) is 22.8 Å². The Bertz CT molecular complexity index is 777. The van der Waals surface area contributed by atoms with Gasteiger partial charge in [0.1, 0.15) is 11.6 Å². The van der Waals surface area contributed by atoms with Gasteiger partial charge in [-0.25, -0.2) is 8.78 Å². The van der Waals surface area contributed by atoms with Gasteiger partial charge in [-0.1, -0.05) is 11.6 Å². The fraction of sp³-hybridized carbons (Fsp3) is 0.316. The van der Waals surface area contributed by atoms with E-state index < -0.39 is 5.82 Å². The van der Waals surface area contributed by atoms with E-state index in [1.807, 2.05) is 6.92 Å². The fourth-order valence-corrected chi connectivity index (χ4v) is 3.19. The number of piperazine rings is 1. The first kappa shape index (κ1) is 18.6. The van der Waals surface area contributed by atoms with Gasteiger partial charge < -0.3 is 10.2 Å².